The smallest absolute Gasteiger partial charge is 0.341 e. The quantitative estimate of drug-likeness (QED) is 0.771. The van der Waals surface area contributed by atoms with Crippen LogP contribution in [0.15, 0.2) is 24.3 Å². The Kier molecular flexibility index (Phi) is 2.49. The van der Waals surface area contributed by atoms with Gasteiger partial charge in [0.05, 0.1) is 5.56 Å². The molecule has 0 spiro atoms. The van der Waals surface area contributed by atoms with Crippen molar-refractivity contribution in [1.29, 1.82) is 0 Å². The van der Waals surface area contributed by atoms with E-state index in [0.29, 0.717) is 17.5 Å². The van der Waals surface area contributed by atoms with Crippen molar-refractivity contribution in [2.45, 2.75) is 32.0 Å². The van der Waals surface area contributed by atoms with E-state index in [2.05, 4.69) is 0 Å². The number of hydrogen-bond donors (Lipinski definition) is 1. The molecule has 1 aromatic rings. The fourth-order valence-corrected chi connectivity index (χ4v) is 1.87. The van der Waals surface area contributed by atoms with Crippen LogP contribution in [0.5, 0.6) is 0 Å². The molecule has 0 radical (unpaired) electrons. The van der Waals surface area contributed by atoms with E-state index in [1.54, 1.807) is 24.3 Å². The van der Waals surface area contributed by atoms with Gasteiger partial charge < -0.3 is 9.84 Å². The fourth-order valence-electron chi connectivity index (χ4n) is 1.87. The third-order valence-electron chi connectivity index (χ3n) is 2.70. The van der Waals surface area contributed by atoms with Crippen LogP contribution in [0.3, 0.4) is 0 Å². The Morgan fingerprint density at radius 2 is 2.13 bits per heavy atom. The zero-order valence-electron chi connectivity index (χ0n) is 8.69. The summed E-state index contributed by atoms with van der Waals surface area (Å²) in [6.07, 6.45) is 2.26. The molecule has 1 aliphatic heterocycles. The zero-order valence-corrected chi connectivity index (χ0v) is 8.69. The fraction of sp³-hybridized carbons (Fsp3) is 0.417. The average Bonchev–Trinajstić information content (AvgIpc) is 2.50. The van der Waals surface area contributed by atoms with Gasteiger partial charge in [0.15, 0.2) is 0 Å². The van der Waals surface area contributed by atoms with E-state index in [1.807, 2.05) is 6.92 Å². The Morgan fingerprint density at radius 3 is 2.87 bits per heavy atom. The number of benzene rings is 1. The molecule has 0 amide bonds. The van der Waals surface area contributed by atoms with Crippen molar-refractivity contribution in [3.05, 3.63) is 35.4 Å². The van der Waals surface area contributed by atoms with Gasteiger partial charge in [0.25, 0.3) is 0 Å². The summed E-state index contributed by atoms with van der Waals surface area (Å²) in [4.78, 5) is 11.5. The summed E-state index contributed by atoms with van der Waals surface area (Å²) in [5.41, 5.74) is 1.08. The normalized spacial score (nSPS) is 23.7. The van der Waals surface area contributed by atoms with Gasteiger partial charge in [-0.2, -0.15) is 0 Å². The van der Waals surface area contributed by atoms with Crippen LogP contribution in [0.2, 0.25) is 0 Å². The number of ether oxygens (including phenoxy) is 1. The van der Waals surface area contributed by atoms with E-state index in [9.17, 15) is 9.90 Å². The molecule has 0 aliphatic carbocycles. The van der Waals surface area contributed by atoms with Crippen molar-refractivity contribution in [2.75, 3.05) is 0 Å². The lowest BCUT2D eigenvalue weighted by Gasteiger charge is -2.21. The molecule has 1 atom stereocenters. The lowest BCUT2D eigenvalue weighted by Crippen LogP contribution is -2.25. The van der Waals surface area contributed by atoms with Gasteiger partial charge >= 0.3 is 5.97 Å². The van der Waals surface area contributed by atoms with Crippen LogP contribution in [0.1, 0.15) is 42.1 Å². The molecule has 80 valence electrons. The van der Waals surface area contributed by atoms with Crippen LogP contribution in [-0.4, -0.2) is 11.1 Å². The molecule has 0 fully saturated rings. The second kappa shape index (κ2) is 3.66. The van der Waals surface area contributed by atoms with Gasteiger partial charge in [-0.15, -0.1) is 0 Å². The maximum Gasteiger partial charge on any atom is 0.341 e. The minimum Gasteiger partial charge on any atom is -0.425 e. The highest BCUT2D eigenvalue weighted by Crippen LogP contribution is 2.37. The lowest BCUT2D eigenvalue weighted by molar-refractivity contribution is -0.168. The Hall–Kier alpha value is -1.35. The largest absolute Gasteiger partial charge is 0.425 e. The van der Waals surface area contributed by atoms with Gasteiger partial charge in [-0.05, 0) is 12.5 Å². The Labute approximate surface area is 88.7 Å². The van der Waals surface area contributed by atoms with Crippen molar-refractivity contribution in [3.8, 4) is 0 Å². The van der Waals surface area contributed by atoms with E-state index < -0.39 is 11.8 Å². The number of unbranched alkanes of at least 4 members (excludes halogenated alkanes) is 1. The second-order valence-electron chi connectivity index (χ2n) is 3.82. The predicted octanol–water partition coefficient (Wildman–Crippen LogP) is 2.19. The van der Waals surface area contributed by atoms with Crippen LogP contribution in [0.25, 0.3) is 0 Å². The van der Waals surface area contributed by atoms with Crippen LogP contribution in [-0.2, 0) is 10.5 Å². The minimum atomic E-state index is -1.40. The third-order valence-corrected chi connectivity index (χ3v) is 2.70. The monoisotopic (exact) mass is 206 g/mol. The minimum absolute atomic E-state index is 0.427. The Balaban J connectivity index is 2.34. The Bertz CT molecular complexity index is 386. The standard InChI is InChI=1S/C12H14O3/c1-2-3-8-12(14)10-7-5-4-6-9(10)11(13)15-12/h4-7,14H,2-3,8H2,1H3. The number of rotatable bonds is 3. The van der Waals surface area contributed by atoms with Gasteiger partial charge in [0.2, 0.25) is 5.79 Å². The van der Waals surface area contributed by atoms with Gasteiger partial charge in [-0.3, -0.25) is 0 Å². The lowest BCUT2D eigenvalue weighted by atomic mass is 9.98. The van der Waals surface area contributed by atoms with Crippen LogP contribution in [0.4, 0.5) is 0 Å². The molecule has 1 aliphatic rings. The summed E-state index contributed by atoms with van der Waals surface area (Å²) in [6, 6.07) is 7.00. The van der Waals surface area contributed by atoms with E-state index in [1.165, 1.54) is 0 Å². The molecular formula is C12H14O3. The topological polar surface area (TPSA) is 46.5 Å². The Morgan fingerprint density at radius 1 is 1.40 bits per heavy atom. The number of carbonyl (C=O) groups is 1. The SMILES string of the molecule is CCCCC1(O)OC(=O)c2ccccc21. The molecule has 1 unspecified atom stereocenters. The van der Waals surface area contributed by atoms with Crippen molar-refractivity contribution >= 4 is 5.97 Å². The number of esters is 1. The molecule has 1 aromatic carbocycles. The van der Waals surface area contributed by atoms with Crippen molar-refractivity contribution in [3.63, 3.8) is 0 Å². The number of aliphatic hydroxyl groups is 1. The molecule has 3 nitrogen and oxygen atoms in total. The van der Waals surface area contributed by atoms with Crippen LogP contribution >= 0.6 is 0 Å². The number of carbonyl (C=O) groups excluding carboxylic acids is 1. The van der Waals surface area contributed by atoms with Gasteiger partial charge in [-0.1, -0.05) is 31.5 Å². The molecule has 2 rings (SSSR count). The van der Waals surface area contributed by atoms with Crippen molar-refractivity contribution in [1.82, 2.24) is 0 Å². The molecule has 15 heavy (non-hydrogen) atoms. The van der Waals surface area contributed by atoms with Crippen LogP contribution in [0, 0.1) is 0 Å². The first-order valence-corrected chi connectivity index (χ1v) is 5.22. The third kappa shape index (κ3) is 1.63. The summed E-state index contributed by atoms with van der Waals surface area (Å²) in [7, 11) is 0. The summed E-state index contributed by atoms with van der Waals surface area (Å²) in [5, 5.41) is 10.2. The molecule has 0 bridgehead atoms. The summed E-state index contributed by atoms with van der Waals surface area (Å²) >= 11 is 0. The van der Waals surface area contributed by atoms with E-state index in [4.69, 9.17) is 4.74 Å². The second-order valence-corrected chi connectivity index (χ2v) is 3.82. The van der Waals surface area contributed by atoms with E-state index in [0.717, 1.165) is 12.8 Å². The van der Waals surface area contributed by atoms with Gasteiger partial charge in [0.1, 0.15) is 0 Å². The summed E-state index contributed by atoms with van der Waals surface area (Å²) in [5.74, 6) is -1.83. The number of hydrogen-bond acceptors (Lipinski definition) is 3. The maximum absolute atomic E-state index is 11.5. The molecule has 0 saturated heterocycles. The molecular weight excluding hydrogens is 192 g/mol. The van der Waals surface area contributed by atoms with Crippen molar-refractivity contribution < 1.29 is 14.6 Å². The first-order chi connectivity index (χ1) is 7.17. The molecule has 1 N–H and O–H groups in total. The highest BCUT2D eigenvalue weighted by molar-refractivity contribution is 5.94. The predicted molar refractivity (Wildman–Crippen MR) is 55.3 cm³/mol. The highest BCUT2D eigenvalue weighted by atomic mass is 16.7. The molecule has 0 aromatic heterocycles. The molecule has 1 heterocycles. The first-order valence-electron chi connectivity index (χ1n) is 5.22. The average molecular weight is 206 g/mol. The molecule has 0 saturated carbocycles. The van der Waals surface area contributed by atoms with E-state index in [-0.39, 0.29) is 0 Å². The van der Waals surface area contributed by atoms with Gasteiger partial charge in [0, 0.05) is 12.0 Å². The first kappa shape index (κ1) is 10.2. The number of cyclic esters (lactones) is 1. The van der Waals surface area contributed by atoms with Crippen molar-refractivity contribution in [2.24, 2.45) is 0 Å². The van der Waals surface area contributed by atoms with E-state index >= 15 is 0 Å². The van der Waals surface area contributed by atoms with Crippen LogP contribution < -0.4 is 0 Å². The number of fused-ring (bicyclic) bond motifs is 1. The summed E-state index contributed by atoms with van der Waals surface area (Å²) in [6.45, 7) is 2.03. The maximum atomic E-state index is 11.5. The zero-order chi connectivity index (χ0) is 10.9. The summed E-state index contributed by atoms with van der Waals surface area (Å²) < 4.78 is 5.04. The van der Waals surface area contributed by atoms with Gasteiger partial charge in [-0.25, -0.2) is 4.79 Å². The molecule has 3 heteroatoms. The highest BCUT2D eigenvalue weighted by Gasteiger charge is 2.42.